The first-order valence-electron chi connectivity index (χ1n) is 8.76. The maximum absolute atomic E-state index is 12.6. The lowest BCUT2D eigenvalue weighted by Gasteiger charge is -2.17. The highest BCUT2D eigenvalue weighted by molar-refractivity contribution is 7.14. The lowest BCUT2D eigenvalue weighted by atomic mass is 10.1. The fraction of sp³-hybridized carbons (Fsp3) is 0.0952. The Morgan fingerprint density at radius 1 is 1.14 bits per heavy atom. The second-order valence-electron chi connectivity index (χ2n) is 6.39. The van der Waals surface area contributed by atoms with Gasteiger partial charge in [-0.15, -0.1) is 11.3 Å². The van der Waals surface area contributed by atoms with Crippen LogP contribution in [0.5, 0.6) is 5.75 Å². The van der Waals surface area contributed by atoms with Crippen molar-refractivity contribution in [3.05, 3.63) is 64.0 Å². The van der Waals surface area contributed by atoms with Crippen molar-refractivity contribution in [1.29, 1.82) is 0 Å². The first-order valence-corrected chi connectivity index (χ1v) is 10.0. The average Bonchev–Trinajstić information content (AvgIpc) is 3.16. The van der Waals surface area contributed by atoms with E-state index in [0.717, 1.165) is 22.5 Å². The Balaban J connectivity index is 1.46. The van der Waals surface area contributed by atoms with E-state index in [1.165, 1.54) is 18.3 Å². The number of nitrogens with zero attached hydrogens (tertiary/aromatic N) is 1. The van der Waals surface area contributed by atoms with Crippen molar-refractivity contribution in [3.63, 3.8) is 0 Å². The molecule has 0 radical (unpaired) electrons. The highest BCUT2D eigenvalue weighted by Crippen LogP contribution is 2.30. The number of anilines is 2. The summed E-state index contributed by atoms with van der Waals surface area (Å²) >= 11 is 7.35. The van der Waals surface area contributed by atoms with Crippen molar-refractivity contribution in [3.8, 4) is 17.0 Å². The minimum Gasteiger partial charge on any atom is -0.488 e. The number of hydrogen-bond donors (Lipinski definition) is 2. The molecule has 0 saturated heterocycles. The highest BCUT2D eigenvalue weighted by atomic mass is 35.5. The minimum absolute atomic E-state index is 0.123. The Kier molecular flexibility index (Phi) is 5.33. The molecule has 0 unspecified atom stereocenters. The van der Waals surface area contributed by atoms with E-state index in [2.05, 4.69) is 15.6 Å². The molecular weight excluding hydrogens is 410 g/mol. The van der Waals surface area contributed by atoms with Crippen molar-refractivity contribution in [1.82, 2.24) is 4.98 Å². The third-order valence-electron chi connectivity index (χ3n) is 4.20. The third-order valence-corrected chi connectivity index (χ3v) is 5.19. The Bertz CT molecular complexity index is 1120. The highest BCUT2D eigenvalue weighted by Gasteiger charge is 2.18. The predicted octanol–water partition coefficient (Wildman–Crippen LogP) is 4.84. The van der Waals surface area contributed by atoms with E-state index >= 15 is 0 Å². The van der Waals surface area contributed by atoms with E-state index in [9.17, 15) is 9.59 Å². The van der Waals surface area contributed by atoms with Crippen LogP contribution in [0.25, 0.3) is 17.3 Å². The van der Waals surface area contributed by atoms with E-state index in [-0.39, 0.29) is 18.4 Å². The zero-order valence-electron chi connectivity index (χ0n) is 15.4. The topological polar surface area (TPSA) is 80.3 Å². The normalized spacial score (nSPS) is 12.4. The van der Waals surface area contributed by atoms with Crippen LogP contribution in [-0.4, -0.2) is 23.4 Å². The molecule has 4 rings (SSSR count). The standard InChI is InChI=1S/C21H16ClN3O3S/c1-12(26)23-17-5-2-13(3-6-17)18-11-29-21(24-18)25-20(27)15-8-14-9-16(22)4-7-19(14)28-10-15/h2-9,11H,10H2,1H3,(H,23,26)(H,24,25,27). The number of halogens is 1. The number of ether oxygens (including phenoxy) is 1. The van der Waals surface area contributed by atoms with Gasteiger partial charge in [-0.05, 0) is 36.4 Å². The summed E-state index contributed by atoms with van der Waals surface area (Å²) in [7, 11) is 0. The van der Waals surface area contributed by atoms with Gasteiger partial charge in [0, 0.05) is 34.1 Å². The molecular formula is C21H16ClN3O3S. The number of thiazole rings is 1. The number of amides is 2. The van der Waals surface area contributed by atoms with E-state index < -0.39 is 0 Å². The van der Waals surface area contributed by atoms with Crippen LogP contribution in [-0.2, 0) is 9.59 Å². The van der Waals surface area contributed by atoms with Gasteiger partial charge in [-0.3, -0.25) is 14.9 Å². The predicted molar refractivity (Wildman–Crippen MR) is 115 cm³/mol. The summed E-state index contributed by atoms with van der Waals surface area (Å²) in [5, 5.41) is 8.48. The number of nitrogens with one attached hydrogen (secondary N) is 2. The molecule has 0 spiro atoms. The first-order chi connectivity index (χ1) is 14.0. The van der Waals surface area contributed by atoms with Crippen molar-refractivity contribution < 1.29 is 14.3 Å². The number of rotatable bonds is 4. The largest absolute Gasteiger partial charge is 0.488 e. The van der Waals surface area contributed by atoms with Gasteiger partial charge in [0.2, 0.25) is 5.91 Å². The van der Waals surface area contributed by atoms with E-state index in [4.69, 9.17) is 16.3 Å². The minimum atomic E-state index is -0.266. The van der Waals surface area contributed by atoms with Gasteiger partial charge in [0.15, 0.2) is 5.13 Å². The monoisotopic (exact) mass is 425 g/mol. The van der Waals surface area contributed by atoms with Gasteiger partial charge in [-0.1, -0.05) is 23.7 Å². The summed E-state index contributed by atoms with van der Waals surface area (Å²) in [6.07, 6.45) is 1.77. The van der Waals surface area contributed by atoms with Gasteiger partial charge in [0.1, 0.15) is 12.4 Å². The van der Waals surface area contributed by atoms with Crippen LogP contribution >= 0.6 is 22.9 Å². The molecule has 0 bridgehead atoms. The number of carbonyl (C=O) groups is 2. The van der Waals surface area contributed by atoms with Gasteiger partial charge >= 0.3 is 0 Å². The molecule has 2 amide bonds. The number of aromatic nitrogens is 1. The molecule has 2 heterocycles. The van der Waals surface area contributed by atoms with Crippen molar-refractivity contribution >= 4 is 51.6 Å². The summed E-state index contributed by atoms with van der Waals surface area (Å²) in [5.74, 6) is 0.310. The molecule has 0 atom stereocenters. The molecule has 1 aliphatic heterocycles. The Hall–Kier alpha value is -3.16. The van der Waals surface area contributed by atoms with Crippen LogP contribution in [0.2, 0.25) is 5.02 Å². The van der Waals surface area contributed by atoms with Gasteiger partial charge in [0.25, 0.3) is 5.91 Å². The van der Waals surface area contributed by atoms with Crippen LogP contribution < -0.4 is 15.4 Å². The molecule has 0 saturated carbocycles. The summed E-state index contributed by atoms with van der Waals surface area (Å²) in [4.78, 5) is 28.2. The van der Waals surface area contributed by atoms with Crippen LogP contribution in [0.3, 0.4) is 0 Å². The summed E-state index contributed by atoms with van der Waals surface area (Å²) in [6, 6.07) is 12.6. The fourth-order valence-electron chi connectivity index (χ4n) is 2.85. The smallest absolute Gasteiger partial charge is 0.256 e. The molecule has 2 aromatic carbocycles. The lowest BCUT2D eigenvalue weighted by molar-refractivity contribution is -0.114. The second kappa shape index (κ2) is 8.06. The van der Waals surface area contributed by atoms with Crippen LogP contribution in [0, 0.1) is 0 Å². The summed E-state index contributed by atoms with van der Waals surface area (Å²) in [5.41, 5.74) is 3.61. The van der Waals surface area contributed by atoms with Crippen molar-refractivity contribution in [2.24, 2.45) is 0 Å². The molecule has 146 valence electrons. The Labute approximate surface area is 176 Å². The van der Waals surface area contributed by atoms with Gasteiger partial charge < -0.3 is 10.1 Å². The molecule has 6 nitrogen and oxygen atoms in total. The molecule has 29 heavy (non-hydrogen) atoms. The van der Waals surface area contributed by atoms with Crippen molar-refractivity contribution in [2.75, 3.05) is 17.2 Å². The zero-order chi connectivity index (χ0) is 20.4. The molecule has 2 N–H and O–H groups in total. The molecule has 0 aliphatic carbocycles. The second-order valence-corrected chi connectivity index (χ2v) is 7.69. The third kappa shape index (κ3) is 4.47. The van der Waals surface area contributed by atoms with Gasteiger partial charge in [0.05, 0.1) is 11.3 Å². The quantitative estimate of drug-likeness (QED) is 0.627. The number of hydrogen-bond acceptors (Lipinski definition) is 5. The maximum atomic E-state index is 12.6. The number of benzene rings is 2. The van der Waals surface area contributed by atoms with Gasteiger partial charge in [-0.2, -0.15) is 0 Å². The van der Waals surface area contributed by atoms with E-state index in [0.29, 0.717) is 21.5 Å². The fourth-order valence-corrected chi connectivity index (χ4v) is 3.74. The first kappa shape index (κ1) is 19.2. The zero-order valence-corrected chi connectivity index (χ0v) is 16.9. The van der Waals surface area contributed by atoms with E-state index in [1.54, 1.807) is 36.4 Å². The lowest BCUT2D eigenvalue weighted by Crippen LogP contribution is -2.21. The molecule has 8 heteroatoms. The summed E-state index contributed by atoms with van der Waals surface area (Å²) in [6.45, 7) is 1.65. The van der Waals surface area contributed by atoms with Crippen molar-refractivity contribution in [2.45, 2.75) is 6.92 Å². The molecule has 1 aromatic heterocycles. The van der Waals surface area contributed by atoms with Gasteiger partial charge in [-0.25, -0.2) is 4.98 Å². The van der Waals surface area contributed by atoms with Crippen LogP contribution in [0.4, 0.5) is 10.8 Å². The molecule has 0 fully saturated rings. The Morgan fingerprint density at radius 3 is 2.69 bits per heavy atom. The Morgan fingerprint density at radius 2 is 1.93 bits per heavy atom. The maximum Gasteiger partial charge on any atom is 0.256 e. The molecule has 3 aromatic rings. The van der Waals surface area contributed by atoms with E-state index in [1.807, 2.05) is 17.5 Å². The average molecular weight is 426 g/mol. The number of carbonyl (C=O) groups excluding carboxylic acids is 2. The SMILES string of the molecule is CC(=O)Nc1ccc(-c2csc(NC(=O)C3=Cc4cc(Cl)ccc4OC3)n2)cc1. The molecule has 1 aliphatic rings. The van der Waals surface area contributed by atoms with Crippen LogP contribution in [0.15, 0.2) is 53.4 Å². The summed E-state index contributed by atoms with van der Waals surface area (Å²) < 4.78 is 5.63. The van der Waals surface area contributed by atoms with Crippen LogP contribution in [0.1, 0.15) is 12.5 Å². The number of fused-ring (bicyclic) bond motifs is 1.